The van der Waals surface area contributed by atoms with Gasteiger partial charge in [-0.25, -0.2) is 4.98 Å². The second-order valence-corrected chi connectivity index (χ2v) is 5.20. The minimum atomic E-state index is 0.497. The maximum Gasteiger partial charge on any atom is 0.111 e. The highest BCUT2D eigenvalue weighted by Gasteiger charge is 2.13. The van der Waals surface area contributed by atoms with Crippen molar-refractivity contribution in [1.29, 1.82) is 0 Å². The molecule has 0 atom stereocenters. The molecule has 2 nitrogen and oxygen atoms in total. The number of hydrogen-bond acceptors (Lipinski definition) is 1. The average Bonchev–Trinajstić information content (AvgIpc) is 2.74. The van der Waals surface area contributed by atoms with Gasteiger partial charge in [0.2, 0.25) is 0 Å². The molecule has 3 aromatic rings. The molecule has 0 radical (unpaired) electrons. The molecule has 0 unspecified atom stereocenters. The summed E-state index contributed by atoms with van der Waals surface area (Å²) in [6.07, 6.45) is 0. The Morgan fingerprint density at radius 2 is 1.63 bits per heavy atom. The Kier molecular flexibility index (Phi) is 2.86. The van der Waals surface area contributed by atoms with E-state index in [1.165, 1.54) is 16.8 Å². The Hall–Kier alpha value is -2.09. The van der Waals surface area contributed by atoms with Crippen molar-refractivity contribution in [3.05, 3.63) is 59.9 Å². The van der Waals surface area contributed by atoms with Gasteiger partial charge in [0, 0.05) is 0 Å². The van der Waals surface area contributed by atoms with Gasteiger partial charge in [0.1, 0.15) is 5.82 Å². The van der Waals surface area contributed by atoms with E-state index in [9.17, 15) is 0 Å². The molecule has 0 bridgehead atoms. The van der Waals surface area contributed by atoms with Gasteiger partial charge in [0.25, 0.3) is 0 Å². The summed E-state index contributed by atoms with van der Waals surface area (Å²) in [7, 11) is 0. The first-order valence-electron chi connectivity index (χ1n) is 6.72. The molecule has 0 spiro atoms. The lowest BCUT2D eigenvalue weighted by Crippen LogP contribution is -2.02. The van der Waals surface area contributed by atoms with Crippen LogP contribution < -0.4 is 0 Å². The Bertz CT molecular complexity index is 723. The van der Waals surface area contributed by atoms with Crippen LogP contribution in [0, 0.1) is 6.92 Å². The van der Waals surface area contributed by atoms with Gasteiger partial charge in [-0.2, -0.15) is 0 Å². The third-order valence-corrected chi connectivity index (χ3v) is 3.53. The van der Waals surface area contributed by atoms with Crippen LogP contribution in [0.15, 0.2) is 48.5 Å². The van der Waals surface area contributed by atoms with Crippen molar-refractivity contribution in [2.45, 2.75) is 26.7 Å². The smallest absolute Gasteiger partial charge is 0.111 e. The SMILES string of the molecule is Cc1nc2ccccc2n1-c1ccccc1C(C)C. The molecule has 2 aromatic carbocycles. The third kappa shape index (κ3) is 1.93. The highest BCUT2D eigenvalue weighted by Crippen LogP contribution is 2.27. The summed E-state index contributed by atoms with van der Waals surface area (Å²) in [5.74, 6) is 1.53. The van der Waals surface area contributed by atoms with Gasteiger partial charge in [0.15, 0.2) is 0 Å². The number of imidazole rings is 1. The zero-order chi connectivity index (χ0) is 13.4. The molecular weight excluding hydrogens is 232 g/mol. The molecule has 0 fully saturated rings. The number of benzene rings is 2. The van der Waals surface area contributed by atoms with Gasteiger partial charge in [-0.3, -0.25) is 4.57 Å². The summed E-state index contributed by atoms with van der Waals surface area (Å²) >= 11 is 0. The van der Waals surface area contributed by atoms with E-state index < -0.39 is 0 Å². The number of aromatic nitrogens is 2. The molecule has 19 heavy (non-hydrogen) atoms. The lowest BCUT2D eigenvalue weighted by molar-refractivity contribution is 0.843. The summed E-state index contributed by atoms with van der Waals surface area (Å²) < 4.78 is 2.25. The lowest BCUT2D eigenvalue weighted by atomic mass is 10.0. The quantitative estimate of drug-likeness (QED) is 0.656. The number of para-hydroxylation sites is 3. The summed E-state index contributed by atoms with van der Waals surface area (Å²) in [5.41, 5.74) is 4.82. The van der Waals surface area contributed by atoms with E-state index in [1.807, 2.05) is 6.07 Å². The molecule has 0 amide bonds. The molecule has 2 heteroatoms. The first-order valence-corrected chi connectivity index (χ1v) is 6.72. The Morgan fingerprint density at radius 3 is 2.42 bits per heavy atom. The molecule has 0 saturated carbocycles. The highest BCUT2D eigenvalue weighted by atomic mass is 15.1. The summed E-state index contributed by atoms with van der Waals surface area (Å²) in [6, 6.07) is 16.9. The highest BCUT2D eigenvalue weighted by molar-refractivity contribution is 5.78. The van der Waals surface area contributed by atoms with Gasteiger partial charge in [-0.05, 0) is 36.6 Å². The minimum absolute atomic E-state index is 0.497. The molecule has 96 valence electrons. The van der Waals surface area contributed by atoms with Crippen molar-refractivity contribution in [3.8, 4) is 5.69 Å². The van der Waals surface area contributed by atoms with Crippen LogP contribution in [0.3, 0.4) is 0 Å². The van der Waals surface area contributed by atoms with E-state index in [1.54, 1.807) is 0 Å². The molecule has 0 aliphatic rings. The first-order chi connectivity index (χ1) is 9.18. The average molecular weight is 250 g/mol. The van der Waals surface area contributed by atoms with Gasteiger partial charge < -0.3 is 0 Å². The van der Waals surface area contributed by atoms with Crippen molar-refractivity contribution >= 4 is 11.0 Å². The fourth-order valence-electron chi connectivity index (χ4n) is 2.63. The van der Waals surface area contributed by atoms with E-state index in [0.29, 0.717) is 5.92 Å². The first kappa shape index (κ1) is 12.0. The lowest BCUT2D eigenvalue weighted by Gasteiger charge is -2.15. The summed E-state index contributed by atoms with van der Waals surface area (Å²) in [5, 5.41) is 0. The van der Waals surface area contributed by atoms with Gasteiger partial charge in [0.05, 0.1) is 16.7 Å². The van der Waals surface area contributed by atoms with Crippen LogP contribution in [-0.4, -0.2) is 9.55 Å². The molecule has 3 rings (SSSR count). The predicted octanol–water partition coefficient (Wildman–Crippen LogP) is 4.46. The molecule has 0 aliphatic carbocycles. The van der Waals surface area contributed by atoms with Gasteiger partial charge >= 0.3 is 0 Å². The van der Waals surface area contributed by atoms with Crippen LogP contribution in [0.4, 0.5) is 0 Å². The topological polar surface area (TPSA) is 17.8 Å². The van der Waals surface area contributed by atoms with Crippen molar-refractivity contribution in [1.82, 2.24) is 9.55 Å². The van der Waals surface area contributed by atoms with Crippen LogP contribution in [0.5, 0.6) is 0 Å². The predicted molar refractivity (Wildman–Crippen MR) is 79.9 cm³/mol. The monoisotopic (exact) mass is 250 g/mol. The largest absolute Gasteiger partial charge is 0.296 e. The molecular formula is C17H18N2. The fourth-order valence-corrected chi connectivity index (χ4v) is 2.63. The normalized spacial score (nSPS) is 11.4. The van der Waals surface area contributed by atoms with Crippen LogP contribution in [0.1, 0.15) is 31.2 Å². The fraction of sp³-hybridized carbons (Fsp3) is 0.235. The molecule has 1 heterocycles. The second-order valence-electron chi connectivity index (χ2n) is 5.20. The zero-order valence-corrected chi connectivity index (χ0v) is 11.6. The van der Waals surface area contributed by atoms with Crippen LogP contribution in [-0.2, 0) is 0 Å². The van der Waals surface area contributed by atoms with Crippen molar-refractivity contribution < 1.29 is 0 Å². The van der Waals surface area contributed by atoms with E-state index >= 15 is 0 Å². The maximum absolute atomic E-state index is 4.65. The maximum atomic E-state index is 4.65. The summed E-state index contributed by atoms with van der Waals surface area (Å²) in [4.78, 5) is 4.65. The van der Waals surface area contributed by atoms with Crippen LogP contribution in [0.2, 0.25) is 0 Å². The van der Waals surface area contributed by atoms with Gasteiger partial charge in [-0.15, -0.1) is 0 Å². The minimum Gasteiger partial charge on any atom is -0.296 e. The molecule has 0 aliphatic heterocycles. The van der Waals surface area contributed by atoms with Crippen LogP contribution in [0.25, 0.3) is 16.7 Å². The number of aryl methyl sites for hydroxylation is 1. The van der Waals surface area contributed by atoms with E-state index in [-0.39, 0.29) is 0 Å². The molecule has 0 N–H and O–H groups in total. The standard InChI is InChI=1S/C17H18N2/c1-12(2)14-8-4-6-10-16(14)19-13(3)18-15-9-5-7-11-17(15)19/h4-12H,1-3H3. The Balaban J connectivity index is 2.33. The van der Waals surface area contributed by atoms with Gasteiger partial charge in [-0.1, -0.05) is 44.2 Å². The van der Waals surface area contributed by atoms with Crippen molar-refractivity contribution in [2.75, 3.05) is 0 Å². The Morgan fingerprint density at radius 1 is 0.947 bits per heavy atom. The number of fused-ring (bicyclic) bond motifs is 1. The molecule has 1 aromatic heterocycles. The zero-order valence-electron chi connectivity index (χ0n) is 11.6. The number of rotatable bonds is 2. The van der Waals surface area contributed by atoms with E-state index in [0.717, 1.165) is 11.3 Å². The number of hydrogen-bond donors (Lipinski definition) is 0. The summed E-state index contributed by atoms with van der Waals surface area (Å²) in [6.45, 7) is 6.53. The van der Waals surface area contributed by atoms with E-state index in [4.69, 9.17) is 0 Å². The Labute approximate surface area is 113 Å². The number of nitrogens with zero attached hydrogens (tertiary/aromatic N) is 2. The van der Waals surface area contributed by atoms with E-state index in [2.05, 4.69) is 72.8 Å². The second kappa shape index (κ2) is 4.54. The molecule has 0 saturated heterocycles. The van der Waals surface area contributed by atoms with Crippen molar-refractivity contribution in [2.24, 2.45) is 0 Å². The van der Waals surface area contributed by atoms with Crippen molar-refractivity contribution in [3.63, 3.8) is 0 Å². The third-order valence-electron chi connectivity index (χ3n) is 3.53. The van der Waals surface area contributed by atoms with Crippen LogP contribution >= 0.6 is 0 Å².